The molecule has 1 aliphatic carbocycles. The molecular formula is C14H13N3O3. The Morgan fingerprint density at radius 1 is 1.00 bits per heavy atom. The van der Waals surface area contributed by atoms with Crippen molar-refractivity contribution in [3.05, 3.63) is 51.3 Å². The molecule has 4 bridgehead atoms. The van der Waals surface area contributed by atoms with Crippen LogP contribution in [0.4, 0.5) is 0 Å². The smallest absolute Gasteiger partial charge is 0.351 e. The first kappa shape index (κ1) is 10.7. The summed E-state index contributed by atoms with van der Waals surface area (Å²) in [5, 5.41) is 0. The number of benzene rings is 1. The first-order valence-electron chi connectivity index (χ1n) is 6.94. The first-order chi connectivity index (χ1) is 9.77. The molecule has 0 spiro atoms. The summed E-state index contributed by atoms with van der Waals surface area (Å²) < 4.78 is 10.2. The van der Waals surface area contributed by atoms with E-state index in [0.717, 1.165) is 12.8 Å². The van der Waals surface area contributed by atoms with Gasteiger partial charge in [-0.25, -0.2) is 23.5 Å². The van der Waals surface area contributed by atoms with Crippen LogP contribution in [0.3, 0.4) is 0 Å². The van der Waals surface area contributed by atoms with E-state index in [1.807, 2.05) is 18.2 Å². The first-order valence-corrected chi connectivity index (χ1v) is 6.94. The fourth-order valence-corrected chi connectivity index (χ4v) is 4.06. The highest BCUT2D eigenvalue weighted by atomic mass is 16.5. The molecule has 0 unspecified atom stereocenters. The van der Waals surface area contributed by atoms with Gasteiger partial charge in [-0.2, -0.15) is 0 Å². The van der Waals surface area contributed by atoms with Crippen molar-refractivity contribution < 1.29 is 4.74 Å². The van der Waals surface area contributed by atoms with Crippen molar-refractivity contribution in [2.24, 2.45) is 5.92 Å². The molecule has 2 aromatic rings. The highest BCUT2D eigenvalue weighted by Crippen LogP contribution is 2.55. The van der Waals surface area contributed by atoms with Gasteiger partial charge in [0.15, 0.2) is 6.23 Å². The highest BCUT2D eigenvalue weighted by Gasteiger charge is 2.59. The zero-order valence-corrected chi connectivity index (χ0v) is 10.7. The fourth-order valence-electron chi connectivity index (χ4n) is 4.06. The number of para-hydroxylation sites is 1. The Balaban J connectivity index is 1.81. The van der Waals surface area contributed by atoms with E-state index in [9.17, 15) is 9.59 Å². The second kappa shape index (κ2) is 3.32. The van der Waals surface area contributed by atoms with E-state index >= 15 is 0 Å². The van der Waals surface area contributed by atoms with Gasteiger partial charge in [0.2, 0.25) is 0 Å². The van der Waals surface area contributed by atoms with E-state index < -0.39 is 0 Å². The van der Waals surface area contributed by atoms with Crippen molar-refractivity contribution in [3.63, 3.8) is 0 Å². The molecule has 6 heteroatoms. The van der Waals surface area contributed by atoms with E-state index in [2.05, 4.69) is 0 Å². The quantitative estimate of drug-likeness (QED) is 0.765. The number of aromatic nitrogens is 3. The number of hydrogen-bond donors (Lipinski definition) is 0. The van der Waals surface area contributed by atoms with Crippen molar-refractivity contribution in [1.29, 1.82) is 0 Å². The van der Waals surface area contributed by atoms with Crippen LogP contribution in [-0.4, -0.2) is 20.0 Å². The third-order valence-electron chi connectivity index (χ3n) is 4.83. The van der Waals surface area contributed by atoms with Gasteiger partial charge in [0.25, 0.3) is 0 Å². The van der Waals surface area contributed by atoms with E-state index in [4.69, 9.17) is 4.74 Å². The monoisotopic (exact) mass is 271 g/mol. The molecule has 4 atom stereocenters. The number of fused-ring (bicyclic) bond motifs is 2. The number of ether oxygens (including phenoxy) is 1. The van der Waals surface area contributed by atoms with Crippen LogP contribution in [0.5, 0.6) is 0 Å². The van der Waals surface area contributed by atoms with Gasteiger partial charge in [0.05, 0.1) is 17.8 Å². The van der Waals surface area contributed by atoms with Crippen molar-refractivity contribution >= 4 is 0 Å². The van der Waals surface area contributed by atoms with Crippen LogP contribution in [0.1, 0.15) is 25.1 Å². The van der Waals surface area contributed by atoms with Crippen LogP contribution < -0.4 is 11.4 Å². The molecule has 2 fully saturated rings. The van der Waals surface area contributed by atoms with E-state index in [-0.39, 0.29) is 29.8 Å². The molecule has 0 amide bonds. The molecule has 3 aliphatic rings. The third-order valence-corrected chi connectivity index (χ3v) is 4.83. The second-order valence-electron chi connectivity index (χ2n) is 5.72. The summed E-state index contributed by atoms with van der Waals surface area (Å²) >= 11 is 0. The molecule has 6 nitrogen and oxygen atoms in total. The molecule has 20 heavy (non-hydrogen) atoms. The Morgan fingerprint density at radius 2 is 1.75 bits per heavy atom. The number of hydrogen-bond acceptors (Lipinski definition) is 3. The molecule has 3 heterocycles. The fraction of sp³-hybridized carbons (Fsp3) is 0.429. The lowest BCUT2D eigenvalue weighted by Crippen LogP contribution is -2.35. The SMILES string of the molecule is O=c1n(-c2ccccc2)c(=O)n2n1[C@@H]1[C@H]3CC[C@@H]1O[C@@H]32. The van der Waals surface area contributed by atoms with Gasteiger partial charge in [-0.3, -0.25) is 0 Å². The number of rotatable bonds is 1. The van der Waals surface area contributed by atoms with Crippen LogP contribution in [0.2, 0.25) is 0 Å². The summed E-state index contributed by atoms with van der Waals surface area (Å²) in [6.45, 7) is 0. The summed E-state index contributed by atoms with van der Waals surface area (Å²) in [6, 6.07) is 9.10. The zero-order chi connectivity index (χ0) is 13.4. The van der Waals surface area contributed by atoms with Crippen molar-refractivity contribution in [2.75, 3.05) is 0 Å². The lowest BCUT2D eigenvalue weighted by molar-refractivity contribution is -0.0717. The van der Waals surface area contributed by atoms with Gasteiger partial charge in [-0.15, -0.1) is 0 Å². The molecule has 1 saturated heterocycles. The van der Waals surface area contributed by atoms with Crippen LogP contribution in [-0.2, 0) is 4.74 Å². The minimum Gasteiger partial charge on any atom is -0.351 e. The van der Waals surface area contributed by atoms with Crippen molar-refractivity contribution in [3.8, 4) is 5.69 Å². The van der Waals surface area contributed by atoms with Crippen LogP contribution in [0.25, 0.3) is 5.69 Å². The third kappa shape index (κ3) is 1.02. The van der Waals surface area contributed by atoms with E-state index in [0.29, 0.717) is 11.6 Å². The Hall–Kier alpha value is -2.08. The zero-order valence-electron chi connectivity index (χ0n) is 10.7. The summed E-state index contributed by atoms with van der Waals surface area (Å²) in [6.07, 6.45) is 1.89. The maximum absolute atomic E-state index is 12.6. The standard InChI is InChI=1S/C14H13N3O3/c18-13-15(8-4-2-1-3-5-8)14(19)17-12-9-6-7-10(20-12)11(9)16(13)17/h1-5,9-12H,6-7H2/t9-,10+,11-,12+/m1/s1. The Kier molecular flexibility index (Phi) is 1.77. The van der Waals surface area contributed by atoms with Crippen LogP contribution in [0.15, 0.2) is 39.9 Å². The molecule has 0 N–H and O–H groups in total. The summed E-state index contributed by atoms with van der Waals surface area (Å²) in [7, 11) is 0. The molecule has 1 aromatic carbocycles. The lowest BCUT2D eigenvalue weighted by atomic mass is 10.1. The average molecular weight is 271 g/mol. The lowest BCUT2D eigenvalue weighted by Gasteiger charge is -2.24. The summed E-state index contributed by atoms with van der Waals surface area (Å²) in [5.74, 6) is 0.297. The molecule has 5 rings (SSSR count). The Morgan fingerprint density at radius 3 is 2.55 bits per heavy atom. The molecule has 1 aromatic heterocycles. The maximum atomic E-state index is 12.6. The largest absolute Gasteiger partial charge is 0.354 e. The minimum absolute atomic E-state index is 0.0464. The van der Waals surface area contributed by atoms with Gasteiger partial charge >= 0.3 is 11.4 Å². The topological polar surface area (TPSA) is 58.2 Å². The van der Waals surface area contributed by atoms with Gasteiger partial charge < -0.3 is 4.74 Å². The average Bonchev–Trinajstić information content (AvgIpc) is 3.17. The maximum Gasteiger partial charge on any atom is 0.354 e. The van der Waals surface area contributed by atoms with Crippen molar-refractivity contribution in [1.82, 2.24) is 13.9 Å². The summed E-state index contributed by atoms with van der Waals surface area (Å²) in [5.41, 5.74) is 0.0802. The minimum atomic E-state index is -0.293. The van der Waals surface area contributed by atoms with Gasteiger partial charge in [-0.1, -0.05) is 18.2 Å². The molecule has 0 radical (unpaired) electrons. The van der Waals surface area contributed by atoms with Gasteiger partial charge in [0, 0.05) is 5.92 Å². The van der Waals surface area contributed by atoms with Crippen LogP contribution in [0, 0.1) is 5.92 Å². The normalized spacial score (nSPS) is 32.8. The van der Waals surface area contributed by atoms with Crippen LogP contribution >= 0.6 is 0 Å². The molecule has 1 saturated carbocycles. The molecular weight excluding hydrogens is 258 g/mol. The van der Waals surface area contributed by atoms with Crippen molar-refractivity contribution in [2.45, 2.75) is 31.2 Å². The molecule has 102 valence electrons. The van der Waals surface area contributed by atoms with E-state index in [1.165, 1.54) is 9.25 Å². The highest BCUT2D eigenvalue weighted by molar-refractivity contribution is 5.31. The Labute approximate surface area is 113 Å². The number of nitrogens with zero attached hydrogens (tertiary/aromatic N) is 3. The van der Waals surface area contributed by atoms with Gasteiger partial charge in [-0.05, 0) is 25.0 Å². The predicted octanol–water partition coefficient (Wildman–Crippen LogP) is 0.663. The predicted molar refractivity (Wildman–Crippen MR) is 70.0 cm³/mol. The molecule has 2 aliphatic heterocycles. The summed E-state index contributed by atoms with van der Waals surface area (Å²) in [4.78, 5) is 25.2. The van der Waals surface area contributed by atoms with Gasteiger partial charge in [0.1, 0.15) is 0 Å². The van der Waals surface area contributed by atoms with E-state index in [1.54, 1.807) is 16.8 Å². The second-order valence-corrected chi connectivity index (χ2v) is 5.72. The Bertz CT molecular complexity index is 816.